The number of fused-ring (bicyclic) bond motifs is 2. The summed E-state index contributed by atoms with van der Waals surface area (Å²) < 4.78 is 5.56. The zero-order valence-electron chi connectivity index (χ0n) is 18.6. The summed E-state index contributed by atoms with van der Waals surface area (Å²) >= 11 is 6.92. The molecule has 0 fully saturated rings. The van der Waals surface area contributed by atoms with E-state index in [9.17, 15) is 19.2 Å². The van der Waals surface area contributed by atoms with E-state index in [1.807, 2.05) is 0 Å². The molecule has 2 atom stereocenters. The lowest BCUT2D eigenvalue weighted by atomic mass is 9.99. The molecule has 11 heteroatoms. The predicted octanol–water partition coefficient (Wildman–Crippen LogP) is 1.91. The molecule has 9 nitrogen and oxygen atoms in total. The fourth-order valence-corrected chi connectivity index (χ4v) is 3.67. The molecule has 2 bridgehead atoms. The Labute approximate surface area is 196 Å². The van der Waals surface area contributed by atoms with Crippen molar-refractivity contribution in [3.8, 4) is 0 Å². The Bertz CT molecular complexity index is 883. The van der Waals surface area contributed by atoms with E-state index in [0.717, 1.165) is 0 Å². The second kappa shape index (κ2) is 11.4. The first-order chi connectivity index (χ1) is 15.0. The number of rotatable bonds is 4. The number of aromatic nitrogens is 1. The quantitative estimate of drug-likeness (QED) is 0.340. The molecule has 1 aliphatic heterocycles. The van der Waals surface area contributed by atoms with E-state index in [0.29, 0.717) is 17.3 Å². The van der Waals surface area contributed by atoms with Crippen LogP contribution in [-0.4, -0.2) is 52.2 Å². The lowest BCUT2D eigenvalue weighted by Crippen LogP contribution is -2.59. The number of nitrogens with zero attached hydrogens (tertiary/aromatic N) is 1. The fraction of sp³-hybridized carbons (Fsp3) is 0.571. The predicted molar refractivity (Wildman–Crippen MR) is 121 cm³/mol. The topological polar surface area (TPSA) is 126 Å². The average Bonchev–Trinajstić information content (AvgIpc) is 3.18. The van der Waals surface area contributed by atoms with E-state index in [-0.39, 0.29) is 30.5 Å². The number of allylic oxidation sites excluding steroid dienone is 1. The monoisotopic (exact) mass is 484 g/mol. The van der Waals surface area contributed by atoms with Gasteiger partial charge in [0.05, 0.1) is 13.0 Å². The van der Waals surface area contributed by atoms with Crippen molar-refractivity contribution < 1.29 is 23.9 Å². The molecule has 2 heterocycles. The lowest BCUT2D eigenvalue weighted by Gasteiger charge is -2.29. The molecule has 0 saturated carbocycles. The van der Waals surface area contributed by atoms with Gasteiger partial charge in [-0.3, -0.25) is 14.4 Å². The zero-order valence-corrected chi connectivity index (χ0v) is 20.1. The van der Waals surface area contributed by atoms with Gasteiger partial charge in [0.25, 0.3) is 5.91 Å². The Kier molecular flexibility index (Phi) is 9.21. The minimum Gasteiger partial charge on any atom is -0.456 e. The number of hydrogen-bond acceptors (Lipinski definition) is 7. The van der Waals surface area contributed by atoms with Crippen LogP contribution in [0.1, 0.15) is 56.0 Å². The lowest BCUT2D eigenvalue weighted by molar-refractivity contribution is -0.153. The van der Waals surface area contributed by atoms with Crippen molar-refractivity contribution in [1.29, 1.82) is 0 Å². The van der Waals surface area contributed by atoms with Gasteiger partial charge in [-0.15, -0.1) is 22.9 Å². The molecule has 0 aromatic carbocycles. The zero-order chi connectivity index (χ0) is 23.9. The molecule has 2 rings (SSSR count). The Morgan fingerprint density at radius 3 is 2.69 bits per heavy atom. The number of carbonyl (C=O) groups is 4. The van der Waals surface area contributed by atoms with Crippen LogP contribution in [0.5, 0.6) is 0 Å². The second-order valence-electron chi connectivity index (χ2n) is 8.26. The summed E-state index contributed by atoms with van der Waals surface area (Å²) in [5.74, 6) is -1.99. The maximum Gasteiger partial charge on any atom is 0.329 e. The smallest absolute Gasteiger partial charge is 0.329 e. The van der Waals surface area contributed by atoms with Gasteiger partial charge < -0.3 is 20.7 Å². The fourth-order valence-electron chi connectivity index (χ4n) is 2.83. The van der Waals surface area contributed by atoms with Crippen LogP contribution in [0.25, 0.3) is 0 Å². The Morgan fingerprint density at radius 1 is 1.31 bits per heavy atom. The van der Waals surface area contributed by atoms with Gasteiger partial charge >= 0.3 is 5.97 Å². The van der Waals surface area contributed by atoms with Gasteiger partial charge in [-0.05, 0) is 32.3 Å². The molecular weight excluding hydrogens is 456 g/mol. The van der Waals surface area contributed by atoms with E-state index >= 15 is 0 Å². The van der Waals surface area contributed by atoms with Crippen molar-refractivity contribution in [2.75, 3.05) is 5.88 Å². The van der Waals surface area contributed by atoms with E-state index in [1.165, 1.54) is 25.2 Å². The number of hydrogen-bond donors (Lipinski definition) is 3. The highest BCUT2D eigenvalue weighted by Crippen LogP contribution is 2.15. The third kappa shape index (κ3) is 7.30. The summed E-state index contributed by atoms with van der Waals surface area (Å²) in [5, 5.41) is 10.1. The van der Waals surface area contributed by atoms with Crippen molar-refractivity contribution in [2.45, 2.75) is 64.8 Å². The van der Waals surface area contributed by atoms with Gasteiger partial charge in [-0.1, -0.05) is 19.9 Å². The molecule has 1 aliphatic rings. The molecular formula is C21H29ClN4O5S. The van der Waals surface area contributed by atoms with Crippen LogP contribution in [0.3, 0.4) is 0 Å². The summed E-state index contributed by atoms with van der Waals surface area (Å²) in [5.41, 5.74) is -1.16. The molecule has 1 aromatic heterocycles. The van der Waals surface area contributed by atoms with Crippen LogP contribution in [0, 0.1) is 5.92 Å². The average molecular weight is 485 g/mol. The molecule has 0 aliphatic carbocycles. The number of carbonyl (C=O) groups excluding carboxylic acids is 4. The maximum absolute atomic E-state index is 12.9. The maximum atomic E-state index is 12.9. The standard InChI is InChI=1S/C21H29ClN4O5S/c1-12(2)17-19(29)31-13(7-5-6-8-22)9-15(27)23-10-16-24-14(11-32-16)18(28)26-21(3,4)20(30)25-17/h5,7,11-13,17H,6,8-10H2,1-4H3,(H,23,27)(H,25,30)(H,26,28)/b7-5+/t13-,17?/m1/s1. The summed E-state index contributed by atoms with van der Waals surface area (Å²) in [4.78, 5) is 55.0. The van der Waals surface area contributed by atoms with Crippen molar-refractivity contribution in [3.05, 3.63) is 28.2 Å². The summed E-state index contributed by atoms with van der Waals surface area (Å²) in [7, 11) is 0. The van der Waals surface area contributed by atoms with Crippen LogP contribution in [0.2, 0.25) is 0 Å². The van der Waals surface area contributed by atoms with Gasteiger partial charge in [-0.25, -0.2) is 9.78 Å². The van der Waals surface area contributed by atoms with Gasteiger partial charge in [0.2, 0.25) is 11.8 Å². The minimum absolute atomic E-state index is 0.104. The molecule has 0 spiro atoms. The van der Waals surface area contributed by atoms with E-state index in [2.05, 4.69) is 20.9 Å². The largest absolute Gasteiger partial charge is 0.456 e. The van der Waals surface area contributed by atoms with Crippen molar-refractivity contribution >= 4 is 46.6 Å². The van der Waals surface area contributed by atoms with E-state index in [4.69, 9.17) is 16.3 Å². The van der Waals surface area contributed by atoms with Crippen LogP contribution in [-0.2, 0) is 25.7 Å². The van der Waals surface area contributed by atoms with Crippen molar-refractivity contribution in [1.82, 2.24) is 20.9 Å². The molecule has 3 amide bonds. The number of halogens is 1. The van der Waals surface area contributed by atoms with Crippen LogP contribution >= 0.6 is 22.9 Å². The van der Waals surface area contributed by atoms with Gasteiger partial charge in [0, 0.05) is 11.3 Å². The third-order valence-corrected chi connectivity index (χ3v) is 5.77. The Hall–Kier alpha value is -2.46. The number of amides is 3. The number of ether oxygens (including phenoxy) is 1. The molecule has 0 radical (unpaired) electrons. The highest BCUT2D eigenvalue weighted by atomic mass is 35.5. The number of thiazole rings is 1. The Morgan fingerprint density at radius 2 is 2.03 bits per heavy atom. The van der Waals surface area contributed by atoms with Crippen LogP contribution in [0.15, 0.2) is 17.5 Å². The summed E-state index contributed by atoms with van der Waals surface area (Å²) in [6.07, 6.45) is 2.99. The van der Waals surface area contributed by atoms with E-state index < -0.39 is 35.5 Å². The van der Waals surface area contributed by atoms with Gasteiger partial charge in [0.15, 0.2) is 0 Å². The van der Waals surface area contributed by atoms with Crippen molar-refractivity contribution in [2.24, 2.45) is 5.92 Å². The Balaban J connectivity index is 2.36. The van der Waals surface area contributed by atoms with Crippen molar-refractivity contribution in [3.63, 3.8) is 0 Å². The highest BCUT2D eigenvalue weighted by molar-refractivity contribution is 7.09. The van der Waals surface area contributed by atoms with Gasteiger partial charge in [-0.2, -0.15) is 0 Å². The van der Waals surface area contributed by atoms with Gasteiger partial charge in [0.1, 0.15) is 28.4 Å². The highest BCUT2D eigenvalue weighted by Gasteiger charge is 2.36. The van der Waals surface area contributed by atoms with E-state index in [1.54, 1.807) is 31.4 Å². The third-order valence-electron chi connectivity index (χ3n) is 4.70. The first-order valence-electron chi connectivity index (χ1n) is 10.3. The molecule has 1 unspecified atom stereocenters. The number of cyclic esters (lactones) is 1. The summed E-state index contributed by atoms with van der Waals surface area (Å²) in [6.45, 7) is 6.73. The molecule has 1 aromatic rings. The SMILES string of the molecule is CC(C)C1NC(=O)C(C)(C)NC(=O)c2csc(n2)CNC(=O)C[C@@H](/C=C/CCCl)OC1=O. The van der Waals surface area contributed by atoms with Crippen LogP contribution in [0.4, 0.5) is 0 Å². The molecule has 32 heavy (non-hydrogen) atoms. The second-order valence-corrected chi connectivity index (χ2v) is 9.58. The van der Waals surface area contributed by atoms with Crippen LogP contribution < -0.4 is 16.0 Å². The molecule has 176 valence electrons. The normalized spacial score (nSPS) is 22.9. The molecule has 3 N–H and O–H groups in total. The first-order valence-corrected chi connectivity index (χ1v) is 11.7. The number of esters is 1. The molecule has 0 saturated heterocycles. The number of nitrogens with one attached hydrogen (secondary N) is 3. The minimum atomic E-state index is -1.31. The number of alkyl halides is 1. The first kappa shape index (κ1) is 25.8. The summed E-state index contributed by atoms with van der Waals surface area (Å²) in [6, 6.07) is -0.968.